The molecule has 1 N–H and O–H groups in total. The van der Waals surface area contributed by atoms with Crippen LogP contribution in [0.25, 0.3) is 0 Å². The summed E-state index contributed by atoms with van der Waals surface area (Å²) in [5, 5.41) is 13.8. The molecule has 0 aliphatic rings. The van der Waals surface area contributed by atoms with Gasteiger partial charge >= 0.3 is 0 Å². The summed E-state index contributed by atoms with van der Waals surface area (Å²) in [6.07, 6.45) is 2.36. The zero-order chi connectivity index (χ0) is 15.9. The third-order valence-electron chi connectivity index (χ3n) is 3.26. The summed E-state index contributed by atoms with van der Waals surface area (Å²) >= 11 is 0. The van der Waals surface area contributed by atoms with E-state index in [1.807, 2.05) is 6.92 Å². The van der Waals surface area contributed by atoms with E-state index < -0.39 is 14.8 Å². The molecular formula is C14H22N2O4S. The van der Waals surface area contributed by atoms with Gasteiger partial charge in [0.1, 0.15) is 0 Å². The summed E-state index contributed by atoms with van der Waals surface area (Å²) in [7, 11) is -3.36. The topological polar surface area (TPSA) is 89.3 Å². The average Bonchev–Trinajstić information content (AvgIpc) is 2.44. The van der Waals surface area contributed by atoms with Crippen molar-refractivity contribution in [3.05, 3.63) is 34.4 Å². The van der Waals surface area contributed by atoms with Crippen LogP contribution in [0.2, 0.25) is 0 Å². The predicted molar refractivity (Wildman–Crippen MR) is 82.1 cm³/mol. The second kappa shape index (κ2) is 8.09. The van der Waals surface area contributed by atoms with Crippen LogP contribution in [0.4, 0.5) is 5.69 Å². The molecule has 0 heterocycles. The van der Waals surface area contributed by atoms with E-state index in [2.05, 4.69) is 12.2 Å². The predicted octanol–water partition coefficient (Wildman–Crippen LogP) is 2.54. The van der Waals surface area contributed by atoms with Gasteiger partial charge in [-0.15, -0.1) is 0 Å². The van der Waals surface area contributed by atoms with Crippen molar-refractivity contribution in [3.8, 4) is 0 Å². The quantitative estimate of drug-likeness (QED) is 0.430. The van der Waals surface area contributed by atoms with E-state index in [9.17, 15) is 18.5 Å². The summed E-state index contributed by atoms with van der Waals surface area (Å²) in [4.78, 5) is 10.1. The number of benzene rings is 1. The van der Waals surface area contributed by atoms with Crippen molar-refractivity contribution in [1.82, 2.24) is 5.32 Å². The molecule has 1 unspecified atom stereocenters. The molecule has 0 saturated carbocycles. The lowest BCUT2D eigenvalue weighted by atomic mass is 10.1. The molecule has 1 aromatic rings. The fourth-order valence-corrected chi connectivity index (χ4v) is 3.46. The van der Waals surface area contributed by atoms with Gasteiger partial charge in [0.2, 0.25) is 0 Å². The number of unbranched alkanes of at least 4 members (excludes halogenated alkanes) is 1. The highest BCUT2D eigenvalue weighted by Crippen LogP contribution is 2.18. The Labute approximate surface area is 125 Å². The van der Waals surface area contributed by atoms with Crippen molar-refractivity contribution >= 4 is 15.5 Å². The molecule has 0 spiro atoms. The molecule has 1 aromatic carbocycles. The summed E-state index contributed by atoms with van der Waals surface area (Å²) in [5.74, 6) is 0.0731. The number of nitrogens with one attached hydrogen (secondary N) is 1. The van der Waals surface area contributed by atoms with Crippen LogP contribution in [0.15, 0.2) is 29.2 Å². The molecule has 1 rings (SSSR count). The minimum absolute atomic E-state index is 0.0731. The highest BCUT2D eigenvalue weighted by atomic mass is 32.2. The van der Waals surface area contributed by atoms with E-state index in [-0.39, 0.29) is 16.3 Å². The zero-order valence-electron chi connectivity index (χ0n) is 12.4. The summed E-state index contributed by atoms with van der Waals surface area (Å²) in [6, 6.07) is 5.43. The van der Waals surface area contributed by atoms with E-state index in [0.717, 1.165) is 19.4 Å². The molecule has 0 radical (unpaired) electrons. The molecule has 118 valence electrons. The second-order valence-corrected chi connectivity index (χ2v) is 7.13. The molecule has 0 saturated heterocycles. The zero-order valence-corrected chi connectivity index (χ0v) is 13.2. The fourth-order valence-electron chi connectivity index (χ4n) is 2.09. The van der Waals surface area contributed by atoms with Gasteiger partial charge in [-0.3, -0.25) is 10.1 Å². The van der Waals surface area contributed by atoms with Gasteiger partial charge in [0.25, 0.3) is 5.69 Å². The van der Waals surface area contributed by atoms with Crippen LogP contribution >= 0.6 is 0 Å². The lowest BCUT2D eigenvalue weighted by Gasteiger charge is -2.11. The molecule has 7 heteroatoms. The maximum atomic E-state index is 12.1. The van der Waals surface area contributed by atoms with E-state index in [1.165, 1.54) is 24.3 Å². The Kier molecular flexibility index (Phi) is 6.77. The van der Waals surface area contributed by atoms with E-state index >= 15 is 0 Å². The molecule has 0 aliphatic carbocycles. The van der Waals surface area contributed by atoms with Crippen LogP contribution in [0, 0.1) is 10.1 Å². The van der Waals surface area contributed by atoms with Crippen molar-refractivity contribution in [3.63, 3.8) is 0 Å². The fraction of sp³-hybridized carbons (Fsp3) is 0.571. The van der Waals surface area contributed by atoms with Gasteiger partial charge in [0.15, 0.2) is 9.84 Å². The van der Waals surface area contributed by atoms with Gasteiger partial charge < -0.3 is 5.32 Å². The van der Waals surface area contributed by atoms with E-state index in [0.29, 0.717) is 12.5 Å². The van der Waals surface area contributed by atoms with Gasteiger partial charge in [-0.2, -0.15) is 0 Å². The molecular weight excluding hydrogens is 292 g/mol. The summed E-state index contributed by atoms with van der Waals surface area (Å²) in [6.45, 7) is 5.02. The normalized spacial score (nSPS) is 13.0. The number of hydrogen-bond donors (Lipinski definition) is 1. The highest BCUT2D eigenvalue weighted by Gasteiger charge is 2.15. The van der Waals surface area contributed by atoms with Gasteiger partial charge in [-0.1, -0.05) is 13.3 Å². The maximum absolute atomic E-state index is 12.1. The first-order chi connectivity index (χ1) is 9.86. The Hall–Kier alpha value is -1.47. The second-order valence-electron chi connectivity index (χ2n) is 5.02. The van der Waals surface area contributed by atoms with Gasteiger partial charge in [-0.25, -0.2) is 8.42 Å². The average molecular weight is 314 g/mol. The minimum Gasteiger partial charge on any atom is -0.315 e. The van der Waals surface area contributed by atoms with Crippen molar-refractivity contribution in [2.24, 2.45) is 0 Å². The monoisotopic (exact) mass is 314 g/mol. The number of sulfone groups is 1. The number of hydrogen-bond acceptors (Lipinski definition) is 5. The minimum atomic E-state index is -3.36. The van der Waals surface area contributed by atoms with Crippen LogP contribution in [0.3, 0.4) is 0 Å². The Morgan fingerprint density at radius 2 is 1.86 bits per heavy atom. The molecule has 0 amide bonds. The summed E-state index contributed by atoms with van der Waals surface area (Å²) < 4.78 is 24.2. The van der Waals surface area contributed by atoms with Crippen LogP contribution in [-0.4, -0.2) is 31.7 Å². The van der Waals surface area contributed by atoms with Crippen LogP contribution in [-0.2, 0) is 9.84 Å². The largest absolute Gasteiger partial charge is 0.315 e. The molecule has 21 heavy (non-hydrogen) atoms. The summed E-state index contributed by atoms with van der Waals surface area (Å²) in [5.41, 5.74) is -0.103. The molecule has 0 bridgehead atoms. The van der Waals surface area contributed by atoms with Gasteiger partial charge in [0, 0.05) is 18.2 Å². The third kappa shape index (κ3) is 5.81. The Balaban J connectivity index is 2.51. The Morgan fingerprint density at radius 1 is 1.24 bits per heavy atom. The molecule has 6 nitrogen and oxygen atoms in total. The third-order valence-corrected chi connectivity index (χ3v) is 5.08. The molecule has 0 aromatic heterocycles. The maximum Gasteiger partial charge on any atom is 0.269 e. The Bertz CT molecular complexity index is 555. The standard InChI is InChI=1S/C14H22N2O4S/c1-3-15-12(2)6-4-5-11-21(19,20)14-9-7-13(8-10-14)16(17)18/h7-10,12,15H,3-6,11H2,1-2H3. The number of non-ortho nitro benzene ring substituents is 1. The Morgan fingerprint density at radius 3 is 2.38 bits per heavy atom. The number of rotatable bonds is 9. The van der Waals surface area contributed by atoms with Crippen LogP contribution in [0.5, 0.6) is 0 Å². The van der Waals surface area contributed by atoms with E-state index in [1.54, 1.807) is 0 Å². The molecule has 1 atom stereocenters. The first-order valence-corrected chi connectivity index (χ1v) is 8.72. The number of nitro benzene ring substituents is 1. The molecule has 0 fully saturated rings. The van der Waals surface area contributed by atoms with Crippen LogP contribution in [0.1, 0.15) is 33.1 Å². The van der Waals surface area contributed by atoms with E-state index in [4.69, 9.17) is 0 Å². The van der Waals surface area contributed by atoms with Crippen molar-refractivity contribution < 1.29 is 13.3 Å². The van der Waals surface area contributed by atoms with Crippen molar-refractivity contribution in [2.75, 3.05) is 12.3 Å². The smallest absolute Gasteiger partial charge is 0.269 e. The lowest BCUT2D eigenvalue weighted by Crippen LogP contribution is -2.25. The van der Waals surface area contributed by atoms with Gasteiger partial charge in [0.05, 0.1) is 15.6 Å². The SMILES string of the molecule is CCNC(C)CCCCS(=O)(=O)c1ccc([N+](=O)[O-])cc1. The van der Waals surface area contributed by atoms with Crippen molar-refractivity contribution in [2.45, 2.75) is 44.0 Å². The van der Waals surface area contributed by atoms with Crippen LogP contribution < -0.4 is 5.32 Å². The number of nitro groups is 1. The first-order valence-electron chi connectivity index (χ1n) is 7.07. The molecule has 0 aliphatic heterocycles. The first kappa shape index (κ1) is 17.6. The lowest BCUT2D eigenvalue weighted by molar-refractivity contribution is -0.384. The van der Waals surface area contributed by atoms with Crippen molar-refractivity contribution in [1.29, 1.82) is 0 Å². The highest BCUT2D eigenvalue weighted by molar-refractivity contribution is 7.91. The van der Waals surface area contributed by atoms with Gasteiger partial charge in [-0.05, 0) is 38.4 Å². The number of nitrogens with zero attached hydrogens (tertiary/aromatic N) is 1.